The van der Waals surface area contributed by atoms with Crippen molar-refractivity contribution < 1.29 is 29.0 Å². The number of amides is 2. The second-order valence-corrected chi connectivity index (χ2v) is 5.38. The molecule has 0 radical (unpaired) electrons. The van der Waals surface area contributed by atoms with E-state index in [0.29, 0.717) is 55.6 Å². The molecule has 1 unspecified atom stereocenters. The molecule has 1 aromatic rings. The van der Waals surface area contributed by atoms with Gasteiger partial charge in [0.05, 0.1) is 19.8 Å². The predicted octanol–water partition coefficient (Wildman–Crippen LogP) is 1.60. The second kappa shape index (κ2) is 8.57. The Morgan fingerprint density at radius 2 is 1.68 bits per heavy atom. The molecule has 0 aliphatic carbocycles. The van der Waals surface area contributed by atoms with Crippen LogP contribution in [0.15, 0.2) is 12.1 Å². The Bertz CT molecular complexity index is 607. The lowest BCUT2D eigenvalue weighted by Crippen LogP contribution is -2.57. The van der Waals surface area contributed by atoms with Crippen LogP contribution in [0.5, 0.6) is 17.2 Å². The molecule has 1 heterocycles. The highest BCUT2D eigenvalue weighted by Gasteiger charge is 2.38. The molecular formula is C17H24N2O6. The van der Waals surface area contributed by atoms with Gasteiger partial charge in [0.2, 0.25) is 5.75 Å². The summed E-state index contributed by atoms with van der Waals surface area (Å²) in [5, 5.41) is 8.77. The maximum Gasteiger partial charge on any atom is 0.266 e. The van der Waals surface area contributed by atoms with Crippen LogP contribution >= 0.6 is 0 Å². The zero-order valence-electron chi connectivity index (χ0n) is 14.7. The average molecular weight is 352 g/mol. The monoisotopic (exact) mass is 352 g/mol. The fourth-order valence-corrected chi connectivity index (χ4v) is 2.66. The van der Waals surface area contributed by atoms with E-state index in [4.69, 9.17) is 19.4 Å². The van der Waals surface area contributed by atoms with E-state index < -0.39 is 11.9 Å². The molecule has 0 bridgehead atoms. The normalized spacial score (nSPS) is 16.0. The summed E-state index contributed by atoms with van der Waals surface area (Å²) in [4.78, 5) is 25.7. The van der Waals surface area contributed by atoms with Gasteiger partial charge in [-0.3, -0.25) is 14.8 Å². The zero-order chi connectivity index (χ0) is 18.4. The molecule has 0 spiro atoms. The molecule has 1 aliphatic heterocycles. The molecule has 0 saturated carbocycles. The lowest BCUT2D eigenvalue weighted by atomic mass is 10.00. The summed E-state index contributed by atoms with van der Waals surface area (Å²) in [6.45, 7) is 7.20. The van der Waals surface area contributed by atoms with Crippen molar-refractivity contribution >= 4 is 11.8 Å². The highest BCUT2D eigenvalue weighted by Crippen LogP contribution is 2.40. The summed E-state index contributed by atoms with van der Waals surface area (Å²) in [6, 6.07) is 2.51. The van der Waals surface area contributed by atoms with Crippen LogP contribution in [-0.2, 0) is 4.79 Å². The Kier molecular flexibility index (Phi) is 6.46. The van der Waals surface area contributed by atoms with Gasteiger partial charge >= 0.3 is 0 Å². The molecule has 138 valence electrons. The van der Waals surface area contributed by atoms with Gasteiger partial charge in [0.15, 0.2) is 11.5 Å². The number of nitrogens with zero attached hydrogens (tertiary/aromatic N) is 1. The maximum atomic E-state index is 12.8. The van der Waals surface area contributed by atoms with Gasteiger partial charge in [-0.05, 0) is 39.3 Å². The van der Waals surface area contributed by atoms with Crippen LogP contribution in [0.1, 0.15) is 37.6 Å². The minimum absolute atomic E-state index is 0.329. The zero-order valence-corrected chi connectivity index (χ0v) is 14.7. The Morgan fingerprint density at radius 1 is 1.12 bits per heavy atom. The fourth-order valence-electron chi connectivity index (χ4n) is 2.66. The van der Waals surface area contributed by atoms with Crippen LogP contribution in [0.2, 0.25) is 0 Å². The fraction of sp³-hybridized carbons (Fsp3) is 0.529. The number of hydrogen-bond donors (Lipinski definition) is 2. The molecule has 8 heteroatoms. The van der Waals surface area contributed by atoms with E-state index in [1.807, 2.05) is 20.8 Å². The minimum atomic E-state index is -0.671. The van der Waals surface area contributed by atoms with E-state index in [1.54, 1.807) is 17.6 Å². The molecule has 0 aromatic heterocycles. The molecule has 25 heavy (non-hydrogen) atoms. The first-order chi connectivity index (χ1) is 12.1. The van der Waals surface area contributed by atoms with Crippen LogP contribution < -0.4 is 19.7 Å². The maximum absolute atomic E-state index is 12.8. The number of likely N-dealkylation sites (tertiary alicyclic amines) is 1. The number of nitrogens with one attached hydrogen (secondary N) is 1. The van der Waals surface area contributed by atoms with Crippen molar-refractivity contribution in [1.29, 1.82) is 0 Å². The van der Waals surface area contributed by atoms with Crippen LogP contribution in [0.25, 0.3) is 0 Å². The van der Waals surface area contributed by atoms with E-state index in [1.165, 1.54) is 4.90 Å². The quantitative estimate of drug-likeness (QED) is 0.545. The summed E-state index contributed by atoms with van der Waals surface area (Å²) >= 11 is 0. The molecule has 1 fully saturated rings. The van der Waals surface area contributed by atoms with Crippen molar-refractivity contribution in [3.05, 3.63) is 17.7 Å². The number of hydroxylamine groups is 1. The molecule has 2 rings (SSSR count). The van der Waals surface area contributed by atoms with Crippen molar-refractivity contribution in [2.75, 3.05) is 26.4 Å². The van der Waals surface area contributed by atoms with Gasteiger partial charge in [-0.2, -0.15) is 0 Å². The Morgan fingerprint density at radius 3 is 2.08 bits per heavy atom. The smallest absolute Gasteiger partial charge is 0.266 e. The summed E-state index contributed by atoms with van der Waals surface area (Å²) in [5.74, 6) is 0.367. The lowest BCUT2D eigenvalue weighted by molar-refractivity contribution is -0.137. The molecule has 1 saturated heterocycles. The highest BCUT2D eigenvalue weighted by atomic mass is 16.5. The standard InChI is InChI=1S/C17H24N2O6/c1-4-23-13-9-11(10-14(24-5-2)15(13)25-6-3)17(21)19-8-7-12(19)16(20)18-22/h9-10,12,22H,4-8H2,1-3H3,(H,18,20). The van der Waals surface area contributed by atoms with Gasteiger partial charge in [0.25, 0.3) is 11.8 Å². The van der Waals surface area contributed by atoms with Gasteiger partial charge in [-0.1, -0.05) is 0 Å². The van der Waals surface area contributed by atoms with Gasteiger partial charge < -0.3 is 19.1 Å². The molecule has 1 aromatic carbocycles. The molecule has 2 amide bonds. The predicted molar refractivity (Wildman–Crippen MR) is 89.3 cm³/mol. The SMILES string of the molecule is CCOc1cc(C(=O)N2CCC2C(=O)NO)cc(OCC)c1OCC. The number of rotatable bonds is 8. The number of hydrogen-bond acceptors (Lipinski definition) is 6. The second-order valence-electron chi connectivity index (χ2n) is 5.38. The van der Waals surface area contributed by atoms with Gasteiger partial charge in [-0.25, -0.2) is 5.48 Å². The largest absolute Gasteiger partial charge is 0.490 e. The van der Waals surface area contributed by atoms with Gasteiger partial charge in [0.1, 0.15) is 6.04 Å². The topological polar surface area (TPSA) is 97.3 Å². The Balaban J connectivity index is 2.36. The third-order valence-corrected chi connectivity index (χ3v) is 3.85. The van der Waals surface area contributed by atoms with Crippen molar-refractivity contribution in [2.24, 2.45) is 0 Å². The first-order valence-electron chi connectivity index (χ1n) is 8.38. The number of carbonyl (C=O) groups is 2. The first-order valence-corrected chi connectivity index (χ1v) is 8.38. The molecule has 2 N–H and O–H groups in total. The molecule has 1 atom stereocenters. The van der Waals surface area contributed by atoms with Crippen molar-refractivity contribution in [1.82, 2.24) is 10.4 Å². The minimum Gasteiger partial charge on any atom is -0.490 e. The third kappa shape index (κ3) is 3.96. The van der Waals surface area contributed by atoms with E-state index in [2.05, 4.69) is 0 Å². The van der Waals surface area contributed by atoms with Crippen LogP contribution in [0, 0.1) is 0 Å². The van der Waals surface area contributed by atoms with E-state index >= 15 is 0 Å². The molecule has 8 nitrogen and oxygen atoms in total. The van der Waals surface area contributed by atoms with E-state index in [-0.39, 0.29) is 5.91 Å². The van der Waals surface area contributed by atoms with Crippen LogP contribution in [0.3, 0.4) is 0 Å². The van der Waals surface area contributed by atoms with E-state index in [0.717, 1.165) is 0 Å². The summed E-state index contributed by atoms with van der Waals surface area (Å²) in [7, 11) is 0. The lowest BCUT2D eigenvalue weighted by Gasteiger charge is -2.39. The van der Waals surface area contributed by atoms with Gasteiger partial charge in [0, 0.05) is 12.1 Å². The third-order valence-electron chi connectivity index (χ3n) is 3.85. The molecule has 1 aliphatic rings. The first kappa shape index (κ1) is 18.9. The van der Waals surface area contributed by atoms with Crippen LogP contribution in [0.4, 0.5) is 0 Å². The summed E-state index contributed by atoms with van der Waals surface area (Å²) in [5.41, 5.74) is 1.93. The Labute approximate surface area is 146 Å². The van der Waals surface area contributed by atoms with Crippen molar-refractivity contribution in [3.8, 4) is 17.2 Å². The van der Waals surface area contributed by atoms with Gasteiger partial charge in [-0.15, -0.1) is 0 Å². The Hall–Kier alpha value is -2.48. The highest BCUT2D eigenvalue weighted by molar-refractivity contribution is 5.99. The number of ether oxygens (including phenoxy) is 3. The molecular weight excluding hydrogens is 328 g/mol. The van der Waals surface area contributed by atoms with Crippen molar-refractivity contribution in [2.45, 2.75) is 33.2 Å². The van der Waals surface area contributed by atoms with E-state index in [9.17, 15) is 9.59 Å². The van der Waals surface area contributed by atoms with Crippen molar-refractivity contribution in [3.63, 3.8) is 0 Å². The summed E-state index contributed by atoms with van der Waals surface area (Å²) in [6.07, 6.45) is 0.506. The average Bonchev–Trinajstić information content (AvgIpc) is 2.56. The number of carbonyl (C=O) groups excluding carboxylic acids is 2. The number of benzene rings is 1. The summed E-state index contributed by atoms with van der Waals surface area (Å²) < 4.78 is 16.8. The van der Waals surface area contributed by atoms with Crippen LogP contribution in [-0.4, -0.2) is 54.3 Å².